The fourth-order valence-corrected chi connectivity index (χ4v) is 4.05. The second-order valence-electron chi connectivity index (χ2n) is 6.99. The lowest BCUT2D eigenvalue weighted by atomic mass is 10.0. The first-order chi connectivity index (χ1) is 15.6. The van der Waals surface area contributed by atoms with Crippen molar-refractivity contribution in [3.05, 3.63) is 72.1 Å². The fraction of sp³-hybridized carbons (Fsp3) is 0.174. The summed E-state index contributed by atoms with van der Waals surface area (Å²) in [6.07, 6.45) is 0.540. The summed E-state index contributed by atoms with van der Waals surface area (Å²) < 4.78 is 11.9. The van der Waals surface area contributed by atoms with Crippen molar-refractivity contribution in [1.29, 1.82) is 0 Å². The van der Waals surface area contributed by atoms with Crippen LogP contribution in [-0.2, 0) is 11.2 Å². The van der Waals surface area contributed by atoms with Gasteiger partial charge in [0.2, 0.25) is 11.1 Å². The van der Waals surface area contributed by atoms with Gasteiger partial charge in [0.05, 0.1) is 25.7 Å². The van der Waals surface area contributed by atoms with E-state index in [1.807, 2.05) is 18.2 Å². The van der Waals surface area contributed by atoms with Crippen LogP contribution in [0.15, 0.2) is 65.8 Å². The monoisotopic (exact) mass is 449 g/mol. The zero-order valence-electron chi connectivity index (χ0n) is 17.7. The molecule has 0 radical (unpaired) electrons. The summed E-state index contributed by atoms with van der Waals surface area (Å²) in [4.78, 5) is 12.5. The van der Waals surface area contributed by atoms with Crippen molar-refractivity contribution < 1.29 is 14.3 Å². The Hall–Kier alpha value is -3.72. The molecule has 0 aliphatic heterocycles. The van der Waals surface area contributed by atoms with Gasteiger partial charge in [0.1, 0.15) is 11.5 Å². The number of anilines is 1. The molecule has 9 heteroatoms. The van der Waals surface area contributed by atoms with Crippen molar-refractivity contribution in [3.63, 3.8) is 0 Å². The van der Waals surface area contributed by atoms with Crippen LogP contribution >= 0.6 is 11.8 Å². The number of nitrogens with zero attached hydrogens (tertiary/aromatic N) is 3. The zero-order chi connectivity index (χ0) is 22.5. The molecule has 0 unspecified atom stereocenters. The number of aromatic nitrogens is 3. The normalized spacial score (nSPS) is 10.8. The molecular formula is C23H23N5O3S. The molecule has 0 atom stereocenters. The number of hydrogen-bond donors (Lipinski definition) is 2. The summed E-state index contributed by atoms with van der Waals surface area (Å²) in [6, 6.07) is 19.5. The molecule has 164 valence electrons. The van der Waals surface area contributed by atoms with E-state index in [0.29, 0.717) is 34.6 Å². The molecule has 0 fully saturated rings. The number of nitrogen functional groups attached to an aromatic ring is 1. The van der Waals surface area contributed by atoms with Crippen LogP contribution in [0, 0.1) is 0 Å². The number of methoxy groups -OCH3 is 2. The van der Waals surface area contributed by atoms with Crippen LogP contribution in [0.4, 0.5) is 5.69 Å². The highest BCUT2D eigenvalue weighted by atomic mass is 32.2. The van der Waals surface area contributed by atoms with Crippen molar-refractivity contribution in [2.24, 2.45) is 0 Å². The number of carbonyl (C=O) groups is 1. The number of nitrogens with two attached hydrogens (primary N) is 1. The lowest BCUT2D eigenvalue weighted by Crippen LogP contribution is -2.17. The van der Waals surface area contributed by atoms with Gasteiger partial charge in [-0.1, -0.05) is 54.2 Å². The molecule has 4 rings (SSSR count). The molecule has 3 N–H and O–H groups in total. The average Bonchev–Trinajstić information content (AvgIpc) is 3.17. The van der Waals surface area contributed by atoms with E-state index >= 15 is 0 Å². The lowest BCUT2D eigenvalue weighted by molar-refractivity contribution is -0.113. The van der Waals surface area contributed by atoms with Gasteiger partial charge in [-0.2, -0.15) is 0 Å². The standard InChI is InChI=1S/C23H23N5O3S/c1-30-17-10-11-20(31-2)19(13-17)25-22(29)14-32-23-27-26-21(28(23)24)12-16-8-5-7-15-6-3-4-9-18(15)16/h3-11,13H,12,14,24H2,1-2H3,(H,25,29). The molecule has 3 aromatic carbocycles. The van der Waals surface area contributed by atoms with Crippen molar-refractivity contribution in [2.75, 3.05) is 31.1 Å². The lowest BCUT2D eigenvalue weighted by Gasteiger charge is -2.11. The number of benzene rings is 3. The van der Waals surface area contributed by atoms with Crippen LogP contribution in [0.2, 0.25) is 0 Å². The van der Waals surface area contributed by atoms with Gasteiger partial charge in [-0.25, -0.2) is 4.68 Å². The summed E-state index contributed by atoms with van der Waals surface area (Å²) in [5.41, 5.74) is 1.64. The number of hydrogen-bond acceptors (Lipinski definition) is 7. The summed E-state index contributed by atoms with van der Waals surface area (Å²) in [7, 11) is 3.10. The van der Waals surface area contributed by atoms with Crippen LogP contribution in [0.25, 0.3) is 10.8 Å². The Kier molecular flexibility index (Phi) is 6.46. The number of ether oxygens (including phenoxy) is 2. The third-order valence-corrected chi connectivity index (χ3v) is 5.92. The highest BCUT2D eigenvalue weighted by Crippen LogP contribution is 2.29. The van der Waals surface area contributed by atoms with Gasteiger partial charge in [0, 0.05) is 12.5 Å². The third kappa shape index (κ3) is 4.62. The van der Waals surface area contributed by atoms with Gasteiger partial charge in [0.15, 0.2) is 5.82 Å². The predicted octanol–water partition coefficient (Wildman–Crippen LogP) is 3.48. The maximum atomic E-state index is 12.5. The van der Waals surface area contributed by atoms with E-state index < -0.39 is 0 Å². The average molecular weight is 450 g/mol. The molecule has 0 aliphatic rings. The summed E-state index contributed by atoms with van der Waals surface area (Å²) in [6.45, 7) is 0. The first-order valence-corrected chi connectivity index (χ1v) is 10.9. The quantitative estimate of drug-likeness (QED) is 0.313. The predicted molar refractivity (Wildman–Crippen MR) is 126 cm³/mol. The second-order valence-corrected chi connectivity index (χ2v) is 7.93. The minimum Gasteiger partial charge on any atom is -0.497 e. The van der Waals surface area contributed by atoms with E-state index in [4.69, 9.17) is 15.3 Å². The molecule has 0 bridgehead atoms. The number of rotatable bonds is 8. The van der Waals surface area contributed by atoms with E-state index in [1.54, 1.807) is 32.4 Å². The van der Waals surface area contributed by atoms with Gasteiger partial charge in [-0.15, -0.1) is 10.2 Å². The first-order valence-electron chi connectivity index (χ1n) is 9.89. The summed E-state index contributed by atoms with van der Waals surface area (Å²) in [5.74, 6) is 7.90. The maximum Gasteiger partial charge on any atom is 0.234 e. The molecular weight excluding hydrogens is 426 g/mol. The Bertz CT molecular complexity index is 1250. The van der Waals surface area contributed by atoms with E-state index in [1.165, 1.54) is 16.4 Å². The number of fused-ring (bicyclic) bond motifs is 1. The smallest absolute Gasteiger partial charge is 0.234 e. The van der Waals surface area contributed by atoms with E-state index in [0.717, 1.165) is 16.3 Å². The highest BCUT2D eigenvalue weighted by Gasteiger charge is 2.15. The zero-order valence-corrected chi connectivity index (χ0v) is 18.6. The summed E-state index contributed by atoms with van der Waals surface area (Å²) in [5, 5.41) is 14.0. The van der Waals surface area contributed by atoms with Crippen molar-refractivity contribution in [2.45, 2.75) is 11.6 Å². The van der Waals surface area contributed by atoms with Crippen LogP contribution in [0.3, 0.4) is 0 Å². The first kappa shape index (κ1) is 21.5. The molecule has 8 nitrogen and oxygen atoms in total. The van der Waals surface area contributed by atoms with Gasteiger partial charge >= 0.3 is 0 Å². The van der Waals surface area contributed by atoms with Crippen LogP contribution in [0.5, 0.6) is 11.5 Å². The molecule has 0 spiro atoms. The van der Waals surface area contributed by atoms with E-state index in [2.05, 4.69) is 39.8 Å². The van der Waals surface area contributed by atoms with E-state index in [-0.39, 0.29) is 11.7 Å². The van der Waals surface area contributed by atoms with E-state index in [9.17, 15) is 4.79 Å². The molecule has 0 aliphatic carbocycles. The Morgan fingerprint density at radius 2 is 1.88 bits per heavy atom. The van der Waals surface area contributed by atoms with Gasteiger partial charge < -0.3 is 20.6 Å². The molecule has 1 heterocycles. The van der Waals surface area contributed by atoms with Gasteiger partial charge in [-0.05, 0) is 28.5 Å². The topological polar surface area (TPSA) is 104 Å². The maximum absolute atomic E-state index is 12.5. The molecule has 4 aromatic rings. The van der Waals surface area contributed by atoms with Gasteiger partial charge in [0.25, 0.3) is 0 Å². The Balaban J connectivity index is 1.43. The van der Waals surface area contributed by atoms with Crippen molar-refractivity contribution >= 4 is 34.1 Å². The Morgan fingerprint density at radius 1 is 1.06 bits per heavy atom. The highest BCUT2D eigenvalue weighted by molar-refractivity contribution is 7.99. The second kappa shape index (κ2) is 9.61. The van der Waals surface area contributed by atoms with Crippen molar-refractivity contribution in [1.82, 2.24) is 14.9 Å². The van der Waals surface area contributed by atoms with Crippen molar-refractivity contribution in [3.8, 4) is 11.5 Å². The van der Waals surface area contributed by atoms with Crippen LogP contribution in [-0.4, -0.2) is 40.8 Å². The fourth-order valence-electron chi connectivity index (χ4n) is 3.37. The summed E-state index contributed by atoms with van der Waals surface area (Å²) >= 11 is 1.21. The molecule has 0 saturated heterocycles. The number of nitrogens with one attached hydrogen (secondary N) is 1. The number of thioether (sulfide) groups is 1. The molecule has 1 aromatic heterocycles. The molecule has 32 heavy (non-hydrogen) atoms. The van der Waals surface area contributed by atoms with Crippen LogP contribution < -0.4 is 20.6 Å². The molecule has 1 amide bonds. The van der Waals surface area contributed by atoms with Crippen LogP contribution in [0.1, 0.15) is 11.4 Å². The Labute approximate surface area is 189 Å². The Morgan fingerprint density at radius 3 is 2.69 bits per heavy atom. The van der Waals surface area contributed by atoms with Gasteiger partial charge in [-0.3, -0.25) is 4.79 Å². The number of carbonyl (C=O) groups excluding carboxylic acids is 1. The SMILES string of the molecule is COc1ccc(OC)c(NC(=O)CSc2nnc(Cc3cccc4ccccc34)n2N)c1. The minimum atomic E-state index is -0.222. The minimum absolute atomic E-state index is 0.115. The largest absolute Gasteiger partial charge is 0.497 e. The number of amides is 1. The third-order valence-electron chi connectivity index (χ3n) is 4.98. The molecule has 0 saturated carbocycles.